The molecule has 0 atom stereocenters. The number of nitrogens with zero attached hydrogens (tertiary/aromatic N) is 2. The maximum Gasteiger partial charge on any atom is 0.235 e. The van der Waals surface area contributed by atoms with E-state index in [1.165, 1.54) is 0 Å². The first-order valence-corrected chi connectivity index (χ1v) is 6.66. The molecule has 1 aromatic carbocycles. The maximum absolute atomic E-state index is 11.9. The van der Waals surface area contributed by atoms with Crippen LogP contribution in [0.1, 0.15) is 36.8 Å². The van der Waals surface area contributed by atoms with E-state index in [1.807, 2.05) is 18.2 Å². The van der Waals surface area contributed by atoms with Crippen LogP contribution in [0.4, 0.5) is 5.69 Å². The highest BCUT2D eigenvalue weighted by Crippen LogP contribution is 2.46. The minimum atomic E-state index is -0.446. The number of fused-ring (bicyclic) bond motifs is 1. The highest BCUT2D eigenvalue weighted by molar-refractivity contribution is 6.01. The van der Waals surface area contributed by atoms with Gasteiger partial charge in [0.15, 0.2) is 0 Å². The number of aliphatic imine (C=N–C) groups is 1. The van der Waals surface area contributed by atoms with Crippen LogP contribution in [0.25, 0.3) is 0 Å². The number of carbonyl (C=O) groups is 1. The number of benzene rings is 1. The number of carbonyl (C=O) groups excluding carboxylic acids is 2. The summed E-state index contributed by atoms with van der Waals surface area (Å²) in [5.74, 6) is 0.102. The molecule has 19 heavy (non-hydrogen) atoms. The number of anilines is 1. The molecule has 1 aliphatic carbocycles. The van der Waals surface area contributed by atoms with E-state index in [9.17, 15) is 9.59 Å². The van der Waals surface area contributed by atoms with Crippen molar-refractivity contribution in [2.24, 2.45) is 4.99 Å². The third-order valence-electron chi connectivity index (χ3n) is 4.41. The zero-order valence-electron chi connectivity index (χ0n) is 11.0. The number of rotatable bonds is 2. The fourth-order valence-electron chi connectivity index (χ4n) is 3.40. The van der Waals surface area contributed by atoms with Crippen LogP contribution in [0.15, 0.2) is 23.2 Å². The van der Waals surface area contributed by atoms with Crippen molar-refractivity contribution in [2.45, 2.75) is 37.6 Å². The molecule has 0 spiro atoms. The fourth-order valence-corrected chi connectivity index (χ4v) is 3.40. The highest BCUT2D eigenvalue weighted by atomic mass is 16.2. The van der Waals surface area contributed by atoms with E-state index in [0.717, 1.165) is 42.5 Å². The van der Waals surface area contributed by atoms with Gasteiger partial charge in [-0.05, 0) is 30.0 Å². The normalized spacial score (nSPS) is 20.3. The van der Waals surface area contributed by atoms with Gasteiger partial charge in [-0.25, -0.2) is 4.79 Å². The van der Waals surface area contributed by atoms with Crippen LogP contribution in [0.5, 0.6) is 0 Å². The van der Waals surface area contributed by atoms with Crippen molar-refractivity contribution in [3.8, 4) is 0 Å². The van der Waals surface area contributed by atoms with E-state index in [-0.39, 0.29) is 5.91 Å². The van der Waals surface area contributed by atoms with Gasteiger partial charge >= 0.3 is 0 Å². The fraction of sp³-hybridized carbons (Fsp3) is 0.467. The zero-order chi connectivity index (χ0) is 13.5. The lowest BCUT2D eigenvalue weighted by Crippen LogP contribution is -2.20. The number of isocyanates is 1. The first-order valence-electron chi connectivity index (χ1n) is 6.66. The molecule has 0 unspecified atom stereocenters. The first-order chi connectivity index (χ1) is 9.18. The Kier molecular flexibility index (Phi) is 2.76. The van der Waals surface area contributed by atoms with E-state index in [2.05, 4.69) is 4.99 Å². The number of hydrogen-bond donors (Lipinski definition) is 0. The van der Waals surface area contributed by atoms with Gasteiger partial charge in [0.05, 0.1) is 12.0 Å². The van der Waals surface area contributed by atoms with E-state index in [1.54, 1.807) is 18.0 Å². The Morgan fingerprint density at radius 1 is 1.32 bits per heavy atom. The molecule has 0 aromatic heterocycles. The zero-order valence-corrected chi connectivity index (χ0v) is 11.0. The lowest BCUT2D eigenvalue weighted by Gasteiger charge is -2.25. The average Bonchev–Trinajstić information content (AvgIpc) is 2.98. The predicted octanol–water partition coefficient (Wildman–Crippen LogP) is 2.31. The van der Waals surface area contributed by atoms with Gasteiger partial charge in [0.1, 0.15) is 0 Å². The van der Waals surface area contributed by atoms with Crippen LogP contribution in [-0.4, -0.2) is 19.0 Å². The van der Waals surface area contributed by atoms with Crippen molar-refractivity contribution in [1.29, 1.82) is 0 Å². The third kappa shape index (κ3) is 1.71. The molecule has 1 aromatic rings. The molecule has 0 N–H and O–H groups in total. The van der Waals surface area contributed by atoms with Crippen LogP contribution in [0, 0.1) is 0 Å². The SMILES string of the molecule is CN1C(=O)Cc2c1cccc2C1(N=C=O)CCCC1. The number of hydrogen-bond acceptors (Lipinski definition) is 3. The Balaban J connectivity index is 2.17. The topological polar surface area (TPSA) is 49.7 Å². The molecule has 1 fully saturated rings. The van der Waals surface area contributed by atoms with Crippen molar-refractivity contribution in [1.82, 2.24) is 0 Å². The van der Waals surface area contributed by atoms with Gasteiger partial charge in [0, 0.05) is 12.7 Å². The van der Waals surface area contributed by atoms with E-state index >= 15 is 0 Å². The van der Waals surface area contributed by atoms with Crippen LogP contribution >= 0.6 is 0 Å². The molecule has 0 radical (unpaired) electrons. The van der Waals surface area contributed by atoms with Gasteiger partial charge in [0.2, 0.25) is 12.0 Å². The summed E-state index contributed by atoms with van der Waals surface area (Å²) in [6.45, 7) is 0. The second-order valence-corrected chi connectivity index (χ2v) is 5.37. The van der Waals surface area contributed by atoms with E-state index in [0.29, 0.717) is 6.42 Å². The van der Waals surface area contributed by atoms with Crippen molar-refractivity contribution < 1.29 is 9.59 Å². The minimum absolute atomic E-state index is 0.102. The summed E-state index contributed by atoms with van der Waals surface area (Å²) in [6.07, 6.45) is 6.03. The highest BCUT2D eigenvalue weighted by Gasteiger charge is 2.40. The number of likely N-dealkylation sites (N-methyl/N-ethyl adjacent to an activating group) is 1. The quantitative estimate of drug-likeness (QED) is 0.602. The molecule has 98 valence electrons. The van der Waals surface area contributed by atoms with Crippen LogP contribution in [0.2, 0.25) is 0 Å². The summed E-state index contributed by atoms with van der Waals surface area (Å²) in [6, 6.07) is 5.91. The molecule has 4 nitrogen and oxygen atoms in total. The van der Waals surface area contributed by atoms with E-state index < -0.39 is 5.54 Å². The molecule has 0 bridgehead atoms. The Morgan fingerprint density at radius 2 is 2.05 bits per heavy atom. The lowest BCUT2D eigenvalue weighted by molar-refractivity contribution is -0.117. The first kappa shape index (κ1) is 12.1. The monoisotopic (exact) mass is 256 g/mol. The smallest absolute Gasteiger partial charge is 0.235 e. The van der Waals surface area contributed by atoms with Crippen molar-refractivity contribution in [3.05, 3.63) is 29.3 Å². The van der Waals surface area contributed by atoms with E-state index in [4.69, 9.17) is 0 Å². The van der Waals surface area contributed by atoms with Crippen LogP contribution in [-0.2, 0) is 21.5 Å². The van der Waals surface area contributed by atoms with Gasteiger partial charge in [-0.2, -0.15) is 4.99 Å². The van der Waals surface area contributed by atoms with Crippen LogP contribution in [0.3, 0.4) is 0 Å². The third-order valence-corrected chi connectivity index (χ3v) is 4.41. The van der Waals surface area contributed by atoms with Crippen molar-refractivity contribution >= 4 is 17.7 Å². The lowest BCUT2D eigenvalue weighted by atomic mass is 9.84. The second-order valence-electron chi connectivity index (χ2n) is 5.37. The molecular formula is C15H16N2O2. The van der Waals surface area contributed by atoms with Gasteiger partial charge in [-0.3, -0.25) is 4.79 Å². The van der Waals surface area contributed by atoms with Crippen LogP contribution < -0.4 is 4.90 Å². The summed E-state index contributed by atoms with van der Waals surface area (Å²) in [5.41, 5.74) is 2.59. The minimum Gasteiger partial charge on any atom is -0.315 e. The molecule has 1 aliphatic heterocycles. The van der Waals surface area contributed by atoms with Gasteiger partial charge in [-0.15, -0.1) is 0 Å². The summed E-state index contributed by atoms with van der Waals surface area (Å²) in [4.78, 5) is 28.5. The average molecular weight is 256 g/mol. The Bertz CT molecular complexity index is 582. The Hall–Kier alpha value is -1.93. The molecule has 1 amide bonds. The summed E-state index contributed by atoms with van der Waals surface area (Å²) < 4.78 is 0. The van der Waals surface area contributed by atoms with Crippen molar-refractivity contribution in [2.75, 3.05) is 11.9 Å². The van der Waals surface area contributed by atoms with Gasteiger partial charge in [0.25, 0.3) is 0 Å². The molecule has 0 saturated heterocycles. The molecule has 3 rings (SSSR count). The second kappa shape index (κ2) is 4.32. The number of amides is 1. The summed E-state index contributed by atoms with van der Waals surface area (Å²) >= 11 is 0. The molecule has 1 saturated carbocycles. The van der Waals surface area contributed by atoms with Crippen molar-refractivity contribution in [3.63, 3.8) is 0 Å². The molecule has 4 heteroatoms. The molecular weight excluding hydrogens is 240 g/mol. The summed E-state index contributed by atoms with van der Waals surface area (Å²) in [7, 11) is 1.79. The standard InChI is InChI=1S/C15H16N2O2/c1-17-13-6-4-5-12(11(13)9-14(17)19)15(16-10-18)7-2-3-8-15/h4-6H,2-3,7-9H2,1H3. The molecule has 2 aliphatic rings. The van der Waals surface area contributed by atoms with Gasteiger partial charge < -0.3 is 4.90 Å². The largest absolute Gasteiger partial charge is 0.315 e. The maximum atomic E-state index is 11.9. The van der Waals surface area contributed by atoms with Gasteiger partial charge in [-0.1, -0.05) is 25.0 Å². The molecule has 1 heterocycles. The summed E-state index contributed by atoms with van der Waals surface area (Å²) in [5, 5.41) is 0. The Morgan fingerprint density at radius 3 is 2.74 bits per heavy atom. The Labute approximate surface area is 112 Å². The predicted molar refractivity (Wildman–Crippen MR) is 71.8 cm³/mol.